The third kappa shape index (κ3) is 3.72. The number of hydrogen-bond donors (Lipinski definition) is 1. The smallest absolute Gasteiger partial charge is 0.270 e. The molecular formula is C18H16N4O4S. The van der Waals surface area contributed by atoms with Gasteiger partial charge in [0.2, 0.25) is 0 Å². The highest BCUT2D eigenvalue weighted by atomic mass is 32.1. The van der Waals surface area contributed by atoms with E-state index in [1.165, 1.54) is 23.5 Å². The number of aryl methyl sites for hydroxylation is 1. The Morgan fingerprint density at radius 2 is 2.15 bits per heavy atom. The molecule has 8 nitrogen and oxygen atoms in total. The van der Waals surface area contributed by atoms with Crippen LogP contribution in [0.1, 0.15) is 24.1 Å². The van der Waals surface area contributed by atoms with E-state index in [4.69, 9.17) is 4.74 Å². The molecule has 138 valence electrons. The summed E-state index contributed by atoms with van der Waals surface area (Å²) in [6.45, 7) is -0.132. The monoisotopic (exact) mass is 384 g/mol. The van der Waals surface area contributed by atoms with Crippen LogP contribution in [0, 0.1) is 10.1 Å². The van der Waals surface area contributed by atoms with Crippen LogP contribution in [0.5, 0.6) is 5.75 Å². The second-order valence-electron chi connectivity index (χ2n) is 6.21. The van der Waals surface area contributed by atoms with Crippen LogP contribution in [0.3, 0.4) is 0 Å². The molecule has 27 heavy (non-hydrogen) atoms. The van der Waals surface area contributed by atoms with Crippen LogP contribution in [0.25, 0.3) is 10.2 Å². The molecule has 1 aromatic carbocycles. The molecule has 2 heterocycles. The van der Waals surface area contributed by atoms with Crippen molar-refractivity contribution >= 4 is 38.3 Å². The SMILES string of the molecule is O=C(COc1ccnc2c1CCCC2)Nc1nc2ccc([N+](=O)[O-])cc2s1. The normalized spacial score (nSPS) is 13.2. The number of fused-ring (bicyclic) bond motifs is 2. The van der Waals surface area contributed by atoms with Crippen molar-refractivity contribution in [1.29, 1.82) is 0 Å². The van der Waals surface area contributed by atoms with Gasteiger partial charge in [-0.25, -0.2) is 4.98 Å². The molecule has 1 amide bonds. The zero-order valence-corrected chi connectivity index (χ0v) is 15.1. The van der Waals surface area contributed by atoms with Crippen LogP contribution in [-0.4, -0.2) is 27.4 Å². The minimum atomic E-state index is -0.458. The van der Waals surface area contributed by atoms with Gasteiger partial charge in [-0.3, -0.25) is 25.2 Å². The first-order valence-corrected chi connectivity index (χ1v) is 9.36. The molecule has 1 N–H and O–H groups in total. The maximum atomic E-state index is 12.2. The third-order valence-corrected chi connectivity index (χ3v) is 5.31. The van der Waals surface area contributed by atoms with Crippen molar-refractivity contribution in [2.45, 2.75) is 25.7 Å². The Labute approximate surface area is 158 Å². The van der Waals surface area contributed by atoms with Crippen molar-refractivity contribution < 1.29 is 14.5 Å². The number of rotatable bonds is 5. The summed E-state index contributed by atoms with van der Waals surface area (Å²) in [7, 11) is 0. The average molecular weight is 384 g/mol. The maximum Gasteiger partial charge on any atom is 0.270 e. The van der Waals surface area contributed by atoms with Crippen molar-refractivity contribution in [2.24, 2.45) is 0 Å². The van der Waals surface area contributed by atoms with E-state index in [1.807, 2.05) is 0 Å². The number of benzene rings is 1. The molecule has 2 aromatic heterocycles. The van der Waals surface area contributed by atoms with Crippen LogP contribution >= 0.6 is 11.3 Å². The molecule has 1 aliphatic carbocycles. The zero-order valence-electron chi connectivity index (χ0n) is 14.3. The predicted molar refractivity (Wildman–Crippen MR) is 101 cm³/mol. The molecule has 0 bridgehead atoms. The second kappa shape index (κ2) is 7.28. The Balaban J connectivity index is 1.43. The lowest BCUT2D eigenvalue weighted by molar-refractivity contribution is -0.384. The van der Waals surface area contributed by atoms with Crippen molar-refractivity contribution in [3.63, 3.8) is 0 Å². The quantitative estimate of drug-likeness (QED) is 0.533. The van der Waals surface area contributed by atoms with Gasteiger partial charge in [-0.15, -0.1) is 0 Å². The van der Waals surface area contributed by atoms with Gasteiger partial charge in [0.15, 0.2) is 11.7 Å². The van der Waals surface area contributed by atoms with E-state index in [0.717, 1.165) is 36.9 Å². The molecule has 0 fully saturated rings. The Morgan fingerprint density at radius 3 is 3.00 bits per heavy atom. The van der Waals surface area contributed by atoms with Crippen LogP contribution in [-0.2, 0) is 17.6 Å². The number of carbonyl (C=O) groups excluding carboxylic acids is 1. The minimum absolute atomic E-state index is 0.00480. The van der Waals surface area contributed by atoms with E-state index in [2.05, 4.69) is 15.3 Å². The van der Waals surface area contributed by atoms with Gasteiger partial charge >= 0.3 is 0 Å². The minimum Gasteiger partial charge on any atom is -0.483 e. The van der Waals surface area contributed by atoms with E-state index in [-0.39, 0.29) is 18.2 Å². The van der Waals surface area contributed by atoms with Crippen LogP contribution in [0.4, 0.5) is 10.8 Å². The largest absolute Gasteiger partial charge is 0.483 e. The van der Waals surface area contributed by atoms with Gasteiger partial charge in [-0.1, -0.05) is 11.3 Å². The number of nitro groups is 1. The first-order valence-electron chi connectivity index (χ1n) is 8.54. The van der Waals surface area contributed by atoms with Crippen molar-refractivity contribution in [2.75, 3.05) is 11.9 Å². The van der Waals surface area contributed by atoms with E-state index in [1.54, 1.807) is 18.3 Å². The third-order valence-electron chi connectivity index (χ3n) is 4.38. The topological polar surface area (TPSA) is 107 Å². The van der Waals surface area contributed by atoms with Gasteiger partial charge in [0.25, 0.3) is 11.6 Å². The summed E-state index contributed by atoms with van der Waals surface area (Å²) in [5, 5.41) is 13.9. The zero-order chi connectivity index (χ0) is 18.8. The number of nitrogens with one attached hydrogen (secondary N) is 1. The summed E-state index contributed by atoms with van der Waals surface area (Å²) in [5.74, 6) is 0.375. The fourth-order valence-corrected chi connectivity index (χ4v) is 4.02. The molecule has 0 atom stereocenters. The summed E-state index contributed by atoms with van der Waals surface area (Å²) < 4.78 is 6.34. The highest BCUT2D eigenvalue weighted by molar-refractivity contribution is 7.22. The Kier molecular flexibility index (Phi) is 4.68. The van der Waals surface area contributed by atoms with Gasteiger partial charge < -0.3 is 4.74 Å². The summed E-state index contributed by atoms with van der Waals surface area (Å²) in [6.07, 6.45) is 5.78. The summed E-state index contributed by atoms with van der Waals surface area (Å²) in [4.78, 5) is 31.3. The number of thiazole rings is 1. The first-order chi connectivity index (χ1) is 13.1. The Morgan fingerprint density at radius 1 is 1.30 bits per heavy atom. The molecular weight excluding hydrogens is 368 g/mol. The highest BCUT2D eigenvalue weighted by Gasteiger charge is 2.17. The molecule has 4 rings (SSSR count). The first kappa shape index (κ1) is 17.3. The number of nitrogens with zero attached hydrogens (tertiary/aromatic N) is 3. The molecule has 0 saturated carbocycles. The highest BCUT2D eigenvalue weighted by Crippen LogP contribution is 2.30. The Bertz CT molecular complexity index is 1030. The molecule has 0 saturated heterocycles. The van der Waals surface area contributed by atoms with Crippen molar-refractivity contribution in [1.82, 2.24) is 9.97 Å². The number of nitro benzene ring substituents is 1. The van der Waals surface area contributed by atoms with Crippen LogP contribution in [0.2, 0.25) is 0 Å². The van der Waals surface area contributed by atoms with E-state index >= 15 is 0 Å². The summed E-state index contributed by atoms with van der Waals surface area (Å²) in [5.41, 5.74) is 2.73. The van der Waals surface area contributed by atoms with Gasteiger partial charge in [0, 0.05) is 29.6 Å². The predicted octanol–water partition coefficient (Wildman–Crippen LogP) is 3.50. The summed E-state index contributed by atoms with van der Waals surface area (Å²) >= 11 is 1.19. The lowest BCUT2D eigenvalue weighted by Gasteiger charge is -2.18. The van der Waals surface area contributed by atoms with E-state index < -0.39 is 4.92 Å². The Hall–Kier alpha value is -3.07. The molecule has 0 unspecified atom stereocenters. The number of anilines is 1. The molecule has 0 aliphatic heterocycles. The summed E-state index contributed by atoms with van der Waals surface area (Å²) in [6, 6.07) is 6.19. The average Bonchev–Trinajstić information content (AvgIpc) is 3.07. The van der Waals surface area contributed by atoms with Crippen molar-refractivity contribution in [3.05, 3.63) is 51.8 Å². The second-order valence-corrected chi connectivity index (χ2v) is 7.24. The number of pyridine rings is 1. The number of non-ortho nitro benzene ring substituents is 1. The molecule has 1 aliphatic rings. The standard InChI is InChI=1S/C18H16N4O4S/c23-17(10-26-15-7-8-19-13-4-2-1-3-12(13)15)21-18-20-14-6-5-11(22(24)25)9-16(14)27-18/h5-9H,1-4,10H2,(H,20,21,23). The molecule has 3 aromatic rings. The van der Waals surface area contributed by atoms with E-state index in [0.29, 0.717) is 21.1 Å². The number of amides is 1. The van der Waals surface area contributed by atoms with Gasteiger partial charge in [-0.2, -0.15) is 0 Å². The lowest BCUT2D eigenvalue weighted by atomic mass is 9.95. The fraction of sp³-hybridized carbons (Fsp3) is 0.278. The fourth-order valence-electron chi connectivity index (χ4n) is 3.11. The van der Waals surface area contributed by atoms with Gasteiger partial charge in [0.05, 0.1) is 15.1 Å². The maximum absolute atomic E-state index is 12.2. The lowest BCUT2D eigenvalue weighted by Crippen LogP contribution is -2.21. The number of aromatic nitrogens is 2. The van der Waals surface area contributed by atoms with Gasteiger partial charge in [-0.05, 0) is 37.8 Å². The molecule has 0 radical (unpaired) electrons. The number of ether oxygens (including phenoxy) is 1. The number of carbonyl (C=O) groups is 1. The molecule has 9 heteroatoms. The van der Waals surface area contributed by atoms with E-state index in [9.17, 15) is 14.9 Å². The number of hydrogen-bond acceptors (Lipinski definition) is 7. The van der Waals surface area contributed by atoms with Gasteiger partial charge in [0.1, 0.15) is 5.75 Å². The molecule has 0 spiro atoms. The van der Waals surface area contributed by atoms with Crippen molar-refractivity contribution in [3.8, 4) is 5.75 Å². The van der Waals surface area contributed by atoms with Crippen LogP contribution < -0.4 is 10.1 Å². The van der Waals surface area contributed by atoms with Crippen LogP contribution in [0.15, 0.2) is 30.5 Å².